The van der Waals surface area contributed by atoms with E-state index in [9.17, 15) is 4.79 Å². The van der Waals surface area contributed by atoms with Gasteiger partial charge < -0.3 is 19.5 Å². The summed E-state index contributed by atoms with van der Waals surface area (Å²) in [6.45, 7) is 1.61. The number of nitrogens with zero attached hydrogens (tertiary/aromatic N) is 1. The number of benzene rings is 1. The maximum absolute atomic E-state index is 12.3. The molecule has 1 aromatic heterocycles. The van der Waals surface area contributed by atoms with Gasteiger partial charge in [-0.3, -0.25) is 4.79 Å². The summed E-state index contributed by atoms with van der Waals surface area (Å²) in [7, 11) is 1.56. The first-order chi connectivity index (χ1) is 11.3. The molecular weight excluding hydrogens is 296 g/mol. The largest absolute Gasteiger partial charge is 0.490 e. The van der Waals surface area contributed by atoms with Crippen molar-refractivity contribution in [1.29, 1.82) is 0 Å². The molecule has 1 aliphatic heterocycles. The molecule has 1 N–H and O–H groups in total. The van der Waals surface area contributed by atoms with Crippen LogP contribution in [0.2, 0.25) is 0 Å². The molecule has 0 fully saturated rings. The lowest BCUT2D eigenvalue weighted by atomic mass is 10.2. The van der Waals surface area contributed by atoms with Crippen molar-refractivity contribution in [1.82, 2.24) is 10.3 Å². The van der Waals surface area contributed by atoms with Crippen molar-refractivity contribution in [3.8, 4) is 17.4 Å². The summed E-state index contributed by atoms with van der Waals surface area (Å²) >= 11 is 0. The van der Waals surface area contributed by atoms with Crippen LogP contribution >= 0.6 is 0 Å². The van der Waals surface area contributed by atoms with Crippen LogP contribution in [0.5, 0.6) is 17.4 Å². The highest BCUT2D eigenvalue weighted by molar-refractivity contribution is 5.94. The highest BCUT2D eigenvalue weighted by Gasteiger charge is 2.14. The van der Waals surface area contributed by atoms with Crippen LogP contribution in [0.1, 0.15) is 22.3 Å². The van der Waals surface area contributed by atoms with Gasteiger partial charge in [0, 0.05) is 30.8 Å². The van der Waals surface area contributed by atoms with Gasteiger partial charge in [-0.15, -0.1) is 0 Å². The van der Waals surface area contributed by atoms with Gasteiger partial charge in [-0.25, -0.2) is 4.98 Å². The third-order valence-electron chi connectivity index (χ3n) is 3.47. The number of carbonyl (C=O) groups excluding carboxylic acids is 1. The van der Waals surface area contributed by atoms with Crippen molar-refractivity contribution in [2.45, 2.75) is 13.0 Å². The van der Waals surface area contributed by atoms with Crippen molar-refractivity contribution in [3.05, 3.63) is 47.7 Å². The molecule has 6 heteroatoms. The molecule has 0 atom stereocenters. The first-order valence-electron chi connectivity index (χ1n) is 7.43. The number of aromatic nitrogens is 1. The van der Waals surface area contributed by atoms with Gasteiger partial charge in [0.1, 0.15) is 0 Å². The zero-order chi connectivity index (χ0) is 16.1. The Morgan fingerprint density at radius 3 is 2.87 bits per heavy atom. The number of carbonyl (C=O) groups is 1. The Labute approximate surface area is 134 Å². The summed E-state index contributed by atoms with van der Waals surface area (Å²) in [4.78, 5) is 16.3. The molecule has 0 unspecified atom stereocenters. The standard InChI is InChI=1S/C17H18N2O4/c1-21-16-9-12(5-6-18-16)11-19-17(20)13-3-4-14-15(10-13)23-8-2-7-22-14/h3-6,9-10H,2,7-8,11H2,1H3,(H,19,20). The molecule has 0 saturated carbocycles. The molecule has 0 radical (unpaired) electrons. The second-order valence-electron chi connectivity index (χ2n) is 5.10. The van der Waals surface area contributed by atoms with E-state index in [0.29, 0.717) is 42.7 Å². The van der Waals surface area contributed by atoms with E-state index in [2.05, 4.69) is 10.3 Å². The normalized spacial score (nSPS) is 13.1. The highest BCUT2D eigenvalue weighted by Crippen LogP contribution is 2.30. The van der Waals surface area contributed by atoms with Crippen LogP contribution in [0.15, 0.2) is 36.5 Å². The zero-order valence-electron chi connectivity index (χ0n) is 12.9. The number of methoxy groups -OCH3 is 1. The Bertz CT molecular complexity index is 703. The van der Waals surface area contributed by atoms with Gasteiger partial charge in [0.2, 0.25) is 5.88 Å². The summed E-state index contributed by atoms with van der Waals surface area (Å²) in [5.41, 5.74) is 1.45. The van der Waals surface area contributed by atoms with E-state index in [-0.39, 0.29) is 5.91 Å². The predicted molar refractivity (Wildman–Crippen MR) is 84.0 cm³/mol. The van der Waals surface area contributed by atoms with Gasteiger partial charge in [-0.1, -0.05) is 0 Å². The third kappa shape index (κ3) is 3.71. The number of fused-ring (bicyclic) bond motifs is 1. The van der Waals surface area contributed by atoms with Crippen LogP contribution in [-0.4, -0.2) is 31.2 Å². The van der Waals surface area contributed by atoms with E-state index in [1.807, 2.05) is 6.07 Å². The summed E-state index contributed by atoms with van der Waals surface area (Å²) in [5, 5.41) is 2.87. The number of pyridine rings is 1. The number of nitrogens with one attached hydrogen (secondary N) is 1. The van der Waals surface area contributed by atoms with E-state index >= 15 is 0 Å². The van der Waals surface area contributed by atoms with Crippen molar-refractivity contribution >= 4 is 5.91 Å². The Morgan fingerprint density at radius 1 is 1.22 bits per heavy atom. The molecular formula is C17H18N2O4. The maximum Gasteiger partial charge on any atom is 0.251 e. The summed E-state index contributed by atoms with van der Waals surface area (Å²) in [6, 6.07) is 8.83. The van der Waals surface area contributed by atoms with Gasteiger partial charge in [0.05, 0.1) is 20.3 Å². The van der Waals surface area contributed by atoms with Crippen molar-refractivity contribution in [2.75, 3.05) is 20.3 Å². The minimum absolute atomic E-state index is 0.170. The monoisotopic (exact) mass is 314 g/mol. The Kier molecular flexibility index (Phi) is 4.61. The topological polar surface area (TPSA) is 69.7 Å². The lowest BCUT2D eigenvalue weighted by Crippen LogP contribution is -2.22. The molecule has 2 heterocycles. The van der Waals surface area contributed by atoms with Crippen LogP contribution in [0.25, 0.3) is 0 Å². The van der Waals surface area contributed by atoms with Gasteiger partial charge in [0.15, 0.2) is 11.5 Å². The van der Waals surface area contributed by atoms with Gasteiger partial charge >= 0.3 is 0 Å². The molecule has 0 spiro atoms. The second kappa shape index (κ2) is 7.00. The molecule has 0 bridgehead atoms. The third-order valence-corrected chi connectivity index (χ3v) is 3.47. The second-order valence-corrected chi connectivity index (χ2v) is 5.10. The smallest absolute Gasteiger partial charge is 0.251 e. The van der Waals surface area contributed by atoms with Crippen LogP contribution in [0.4, 0.5) is 0 Å². The van der Waals surface area contributed by atoms with Gasteiger partial charge in [-0.05, 0) is 29.8 Å². The first kappa shape index (κ1) is 15.1. The van der Waals surface area contributed by atoms with Crippen LogP contribution in [-0.2, 0) is 6.54 Å². The maximum atomic E-state index is 12.3. The molecule has 23 heavy (non-hydrogen) atoms. The summed E-state index contributed by atoms with van der Waals surface area (Å²) < 4.78 is 16.2. The van der Waals surface area contributed by atoms with Gasteiger partial charge in [-0.2, -0.15) is 0 Å². The number of rotatable bonds is 4. The first-order valence-corrected chi connectivity index (χ1v) is 7.43. The van der Waals surface area contributed by atoms with Crippen LogP contribution in [0.3, 0.4) is 0 Å². The minimum atomic E-state index is -0.170. The average molecular weight is 314 g/mol. The van der Waals surface area contributed by atoms with Gasteiger partial charge in [0.25, 0.3) is 5.91 Å². The summed E-state index contributed by atoms with van der Waals surface area (Å²) in [6.07, 6.45) is 2.48. The molecule has 3 rings (SSSR count). The lowest BCUT2D eigenvalue weighted by molar-refractivity contribution is 0.0950. The Balaban J connectivity index is 1.67. The fraction of sp³-hybridized carbons (Fsp3) is 0.294. The molecule has 120 valence electrons. The Hall–Kier alpha value is -2.76. The number of ether oxygens (including phenoxy) is 3. The predicted octanol–water partition coefficient (Wildman–Crippen LogP) is 2.18. The van der Waals surface area contributed by atoms with Crippen molar-refractivity contribution in [3.63, 3.8) is 0 Å². The molecule has 1 amide bonds. The highest BCUT2D eigenvalue weighted by atomic mass is 16.5. The fourth-order valence-corrected chi connectivity index (χ4v) is 2.26. The zero-order valence-corrected chi connectivity index (χ0v) is 12.9. The van der Waals surface area contributed by atoms with E-state index in [0.717, 1.165) is 12.0 Å². The van der Waals surface area contributed by atoms with Crippen LogP contribution < -0.4 is 19.5 Å². The van der Waals surface area contributed by atoms with E-state index in [1.54, 1.807) is 37.6 Å². The van der Waals surface area contributed by atoms with E-state index < -0.39 is 0 Å². The molecule has 6 nitrogen and oxygen atoms in total. The Morgan fingerprint density at radius 2 is 2.04 bits per heavy atom. The number of hydrogen-bond donors (Lipinski definition) is 1. The molecule has 0 saturated heterocycles. The molecule has 1 aromatic carbocycles. The molecule has 1 aliphatic rings. The average Bonchev–Trinajstić information content (AvgIpc) is 2.84. The minimum Gasteiger partial charge on any atom is -0.490 e. The number of hydrogen-bond acceptors (Lipinski definition) is 5. The number of amides is 1. The van der Waals surface area contributed by atoms with E-state index in [1.165, 1.54) is 0 Å². The van der Waals surface area contributed by atoms with Crippen molar-refractivity contribution < 1.29 is 19.0 Å². The molecule has 0 aliphatic carbocycles. The summed E-state index contributed by atoms with van der Waals surface area (Å²) in [5.74, 6) is 1.64. The van der Waals surface area contributed by atoms with Crippen LogP contribution in [0, 0.1) is 0 Å². The lowest BCUT2D eigenvalue weighted by Gasteiger charge is -2.10. The van der Waals surface area contributed by atoms with Crippen molar-refractivity contribution in [2.24, 2.45) is 0 Å². The SMILES string of the molecule is COc1cc(CNC(=O)c2ccc3c(c2)OCCCO3)ccn1. The molecule has 2 aromatic rings. The van der Waals surface area contributed by atoms with E-state index in [4.69, 9.17) is 14.2 Å². The quantitative estimate of drug-likeness (QED) is 0.936. The fourth-order valence-electron chi connectivity index (χ4n) is 2.26.